The molecule has 0 radical (unpaired) electrons. The monoisotopic (exact) mass is 403 g/mol. The van der Waals surface area contributed by atoms with Crippen LogP contribution in [-0.4, -0.2) is 57.4 Å². The van der Waals surface area contributed by atoms with Crippen molar-refractivity contribution in [1.29, 1.82) is 0 Å². The highest BCUT2D eigenvalue weighted by Crippen LogP contribution is 2.40. The molecule has 6 nitrogen and oxygen atoms in total. The summed E-state index contributed by atoms with van der Waals surface area (Å²) in [7, 11) is 5.89. The third-order valence-corrected chi connectivity index (χ3v) is 6.14. The molecule has 3 aromatic rings. The molecule has 1 aromatic heterocycles. The number of para-hydroxylation sites is 2. The number of hydrogen-bond donors (Lipinski definition) is 0. The van der Waals surface area contributed by atoms with E-state index in [0.717, 1.165) is 54.5 Å². The normalized spacial score (nSPS) is 16.8. The lowest BCUT2D eigenvalue weighted by molar-refractivity contribution is 0.413. The standard InChI is InChI=1S/C24H29N5O/c1-27(2)18-10-11-20-19(16-18)24(26-23(25-20)17-8-9-17)29-14-12-28(13-15-29)21-6-4-5-7-22(21)30-3/h4-7,10-11,16-17H,8-9,12-15H2,1-3H3. The molecule has 1 aliphatic carbocycles. The summed E-state index contributed by atoms with van der Waals surface area (Å²) in [5, 5.41) is 1.15. The molecule has 0 atom stereocenters. The summed E-state index contributed by atoms with van der Waals surface area (Å²) in [6.45, 7) is 3.75. The van der Waals surface area contributed by atoms with E-state index < -0.39 is 0 Å². The molecule has 1 saturated carbocycles. The van der Waals surface area contributed by atoms with Gasteiger partial charge in [-0.1, -0.05) is 12.1 Å². The third-order valence-electron chi connectivity index (χ3n) is 6.14. The number of aromatic nitrogens is 2. The second-order valence-corrected chi connectivity index (χ2v) is 8.42. The predicted molar refractivity (Wildman–Crippen MR) is 123 cm³/mol. The van der Waals surface area contributed by atoms with Gasteiger partial charge in [-0.15, -0.1) is 0 Å². The number of ether oxygens (including phenoxy) is 1. The van der Waals surface area contributed by atoms with Crippen LogP contribution in [0.4, 0.5) is 17.2 Å². The van der Waals surface area contributed by atoms with Crippen molar-refractivity contribution in [1.82, 2.24) is 9.97 Å². The Bertz CT molecular complexity index is 1050. The van der Waals surface area contributed by atoms with Crippen molar-refractivity contribution in [2.75, 3.05) is 62.1 Å². The Hall–Kier alpha value is -3.02. The van der Waals surface area contributed by atoms with Crippen LogP contribution in [0.2, 0.25) is 0 Å². The topological polar surface area (TPSA) is 44.7 Å². The van der Waals surface area contributed by atoms with Gasteiger partial charge in [0.15, 0.2) is 0 Å². The highest BCUT2D eigenvalue weighted by atomic mass is 16.5. The average Bonchev–Trinajstić information content (AvgIpc) is 3.63. The van der Waals surface area contributed by atoms with Crippen LogP contribution in [0.3, 0.4) is 0 Å². The molecule has 6 heteroatoms. The molecular formula is C24H29N5O. The van der Waals surface area contributed by atoms with Crippen LogP contribution in [0, 0.1) is 0 Å². The van der Waals surface area contributed by atoms with Gasteiger partial charge < -0.3 is 19.4 Å². The van der Waals surface area contributed by atoms with Crippen LogP contribution in [0.25, 0.3) is 10.9 Å². The maximum atomic E-state index is 5.57. The number of rotatable bonds is 5. The van der Waals surface area contributed by atoms with Gasteiger partial charge in [-0.25, -0.2) is 9.97 Å². The van der Waals surface area contributed by atoms with E-state index in [1.807, 2.05) is 12.1 Å². The van der Waals surface area contributed by atoms with Crippen LogP contribution < -0.4 is 19.4 Å². The minimum absolute atomic E-state index is 0.538. The van der Waals surface area contributed by atoms with Crippen LogP contribution in [-0.2, 0) is 0 Å². The fourth-order valence-corrected chi connectivity index (χ4v) is 4.21. The molecule has 0 amide bonds. The van der Waals surface area contributed by atoms with Crippen LogP contribution >= 0.6 is 0 Å². The summed E-state index contributed by atoms with van der Waals surface area (Å²) in [5.41, 5.74) is 3.40. The van der Waals surface area contributed by atoms with Gasteiger partial charge >= 0.3 is 0 Å². The van der Waals surface area contributed by atoms with Gasteiger partial charge in [0, 0.05) is 57.3 Å². The molecule has 2 fully saturated rings. The van der Waals surface area contributed by atoms with Crippen molar-refractivity contribution in [3.8, 4) is 5.75 Å². The van der Waals surface area contributed by atoms with Crippen LogP contribution in [0.5, 0.6) is 5.75 Å². The fourth-order valence-electron chi connectivity index (χ4n) is 4.21. The summed E-state index contributed by atoms with van der Waals surface area (Å²) in [4.78, 5) is 16.9. The smallest absolute Gasteiger partial charge is 0.142 e. The Morgan fingerprint density at radius 1 is 0.933 bits per heavy atom. The Labute approximate surface area is 178 Å². The first-order valence-corrected chi connectivity index (χ1v) is 10.8. The number of hydrogen-bond acceptors (Lipinski definition) is 6. The molecule has 0 spiro atoms. The van der Waals surface area contributed by atoms with E-state index in [1.165, 1.54) is 24.2 Å². The molecule has 0 unspecified atom stereocenters. The molecule has 2 aromatic carbocycles. The highest BCUT2D eigenvalue weighted by Gasteiger charge is 2.29. The van der Waals surface area contributed by atoms with E-state index in [9.17, 15) is 0 Å². The molecule has 2 heterocycles. The zero-order chi connectivity index (χ0) is 20.7. The second kappa shape index (κ2) is 7.67. The number of benzene rings is 2. The lowest BCUT2D eigenvalue weighted by atomic mass is 10.1. The Morgan fingerprint density at radius 3 is 2.37 bits per heavy atom. The van der Waals surface area contributed by atoms with Crippen LogP contribution in [0.15, 0.2) is 42.5 Å². The number of nitrogens with zero attached hydrogens (tertiary/aromatic N) is 5. The Morgan fingerprint density at radius 2 is 1.67 bits per heavy atom. The van der Waals surface area contributed by atoms with E-state index in [1.54, 1.807) is 7.11 Å². The van der Waals surface area contributed by atoms with Gasteiger partial charge in [0.2, 0.25) is 0 Å². The average molecular weight is 404 g/mol. The van der Waals surface area contributed by atoms with Crippen molar-refractivity contribution in [3.63, 3.8) is 0 Å². The zero-order valence-corrected chi connectivity index (χ0v) is 18.0. The van der Waals surface area contributed by atoms with Gasteiger partial charge in [0.25, 0.3) is 0 Å². The molecule has 1 saturated heterocycles. The van der Waals surface area contributed by atoms with Crippen molar-refractivity contribution < 1.29 is 4.74 Å². The third kappa shape index (κ3) is 3.51. The SMILES string of the molecule is COc1ccccc1N1CCN(c2nc(C3CC3)nc3ccc(N(C)C)cc23)CC1. The molecule has 0 bridgehead atoms. The molecule has 1 aliphatic heterocycles. The minimum Gasteiger partial charge on any atom is -0.495 e. The molecular weight excluding hydrogens is 374 g/mol. The van der Waals surface area contributed by atoms with Crippen molar-refractivity contribution in [2.45, 2.75) is 18.8 Å². The first-order chi connectivity index (χ1) is 14.6. The largest absolute Gasteiger partial charge is 0.495 e. The summed E-state index contributed by atoms with van der Waals surface area (Å²) in [5.74, 6) is 3.58. The van der Waals surface area contributed by atoms with Crippen molar-refractivity contribution in [3.05, 3.63) is 48.3 Å². The summed E-state index contributed by atoms with van der Waals surface area (Å²) in [6.07, 6.45) is 2.42. The molecule has 30 heavy (non-hydrogen) atoms. The Balaban J connectivity index is 1.46. The van der Waals surface area contributed by atoms with Gasteiger partial charge in [0.05, 0.1) is 18.3 Å². The van der Waals surface area contributed by atoms with E-state index in [2.05, 4.69) is 59.1 Å². The van der Waals surface area contributed by atoms with E-state index in [-0.39, 0.29) is 0 Å². The predicted octanol–water partition coefficient (Wildman–Crippen LogP) is 3.91. The van der Waals surface area contributed by atoms with Gasteiger partial charge in [0.1, 0.15) is 17.4 Å². The maximum Gasteiger partial charge on any atom is 0.142 e. The van der Waals surface area contributed by atoms with Crippen LogP contribution in [0.1, 0.15) is 24.6 Å². The maximum absolute atomic E-state index is 5.57. The van der Waals surface area contributed by atoms with Gasteiger partial charge in [-0.05, 0) is 43.2 Å². The molecule has 0 N–H and O–H groups in total. The highest BCUT2D eigenvalue weighted by molar-refractivity contribution is 5.92. The number of piperazine rings is 1. The number of anilines is 3. The van der Waals surface area contributed by atoms with E-state index in [0.29, 0.717) is 5.92 Å². The molecule has 2 aliphatic rings. The van der Waals surface area contributed by atoms with Crippen molar-refractivity contribution >= 4 is 28.1 Å². The summed E-state index contributed by atoms with van der Waals surface area (Å²) in [6, 6.07) is 14.8. The Kier molecular flexibility index (Phi) is 4.85. The van der Waals surface area contributed by atoms with Crippen molar-refractivity contribution in [2.24, 2.45) is 0 Å². The first kappa shape index (κ1) is 19.0. The second-order valence-electron chi connectivity index (χ2n) is 8.42. The molecule has 156 valence electrons. The minimum atomic E-state index is 0.538. The van der Waals surface area contributed by atoms with E-state index >= 15 is 0 Å². The number of methoxy groups -OCH3 is 1. The fraction of sp³-hybridized carbons (Fsp3) is 0.417. The summed E-state index contributed by atoms with van der Waals surface area (Å²) < 4.78 is 5.57. The zero-order valence-electron chi connectivity index (χ0n) is 18.0. The van der Waals surface area contributed by atoms with Gasteiger partial charge in [-0.2, -0.15) is 0 Å². The van der Waals surface area contributed by atoms with E-state index in [4.69, 9.17) is 14.7 Å². The first-order valence-electron chi connectivity index (χ1n) is 10.8. The quantitative estimate of drug-likeness (QED) is 0.644. The lowest BCUT2D eigenvalue weighted by Gasteiger charge is -2.37. The number of fused-ring (bicyclic) bond motifs is 1. The summed E-state index contributed by atoms with van der Waals surface area (Å²) >= 11 is 0. The van der Waals surface area contributed by atoms with Gasteiger partial charge in [-0.3, -0.25) is 0 Å². The lowest BCUT2D eigenvalue weighted by Crippen LogP contribution is -2.47. The molecule has 5 rings (SSSR count).